The molecule has 36 heavy (non-hydrogen) atoms. The fourth-order valence-electron chi connectivity index (χ4n) is 3.16. The van der Waals surface area contributed by atoms with Gasteiger partial charge in [0.2, 0.25) is 0 Å². The third kappa shape index (κ3) is 9.65. The molecule has 0 unspecified atom stereocenters. The molecule has 0 amide bonds. The molecule has 2 fully saturated rings. The number of rotatable bonds is 2. The van der Waals surface area contributed by atoms with E-state index in [0.717, 1.165) is 12.6 Å². The molecule has 3 rings (SSSR count). The van der Waals surface area contributed by atoms with Crippen molar-refractivity contribution in [2.45, 2.75) is 30.7 Å². The van der Waals surface area contributed by atoms with E-state index in [2.05, 4.69) is 15.2 Å². The smallest absolute Gasteiger partial charge is 0.475 e. The Morgan fingerprint density at radius 1 is 0.889 bits per heavy atom. The van der Waals surface area contributed by atoms with Crippen molar-refractivity contribution in [2.75, 3.05) is 44.2 Å². The van der Waals surface area contributed by atoms with Gasteiger partial charge in [-0.2, -0.15) is 39.5 Å². The molecule has 2 aliphatic heterocycles. The molecule has 2 aliphatic rings. The average Bonchev–Trinajstić information content (AvgIpc) is 3.18. The number of aliphatic hydroxyl groups is 1. The molecule has 2 saturated heterocycles. The maximum Gasteiger partial charge on any atom is 0.490 e. The Hall–Kier alpha value is -2.86. The van der Waals surface area contributed by atoms with Gasteiger partial charge in [-0.15, -0.1) is 0 Å². The van der Waals surface area contributed by atoms with E-state index in [4.69, 9.17) is 19.8 Å². The Morgan fingerprint density at radius 2 is 1.36 bits per heavy atom. The second kappa shape index (κ2) is 12.4. The third-order valence-electron chi connectivity index (χ3n) is 4.81. The molecule has 3 heterocycles. The quantitative estimate of drug-likeness (QED) is 0.413. The maximum absolute atomic E-state index is 13.1. The molecule has 206 valence electrons. The Kier molecular flexibility index (Phi) is 10.7. The molecule has 18 heteroatoms. The van der Waals surface area contributed by atoms with Crippen LogP contribution in [0.4, 0.5) is 45.3 Å². The van der Waals surface area contributed by atoms with Crippen LogP contribution in [0, 0.1) is 0 Å². The first-order valence-electron chi connectivity index (χ1n) is 9.86. The Labute approximate surface area is 197 Å². The maximum atomic E-state index is 13.1. The topological polar surface area (TPSA) is 126 Å². The molecule has 0 saturated carbocycles. The normalized spacial score (nSPS) is 21.1. The Morgan fingerprint density at radius 3 is 1.72 bits per heavy atom. The molecule has 9 nitrogen and oxygen atoms in total. The molecule has 0 radical (unpaired) electrons. The molecule has 0 spiro atoms. The van der Waals surface area contributed by atoms with Crippen molar-refractivity contribution >= 4 is 17.8 Å². The van der Waals surface area contributed by atoms with Crippen LogP contribution in [0.25, 0.3) is 0 Å². The summed E-state index contributed by atoms with van der Waals surface area (Å²) in [5.41, 5.74) is -0.689. The molecular formula is C18H21F9N4O5. The van der Waals surface area contributed by atoms with Crippen LogP contribution in [0.3, 0.4) is 0 Å². The van der Waals surface area contributed by atoms with Crippen LogP contribution >= 0.6 is 0 Å². The van der Waals surface area contributed by atoms with Gasteiger partial charge in [-0.05, 0) is 12.1 Å². The van der Waals surface area contributed by atoms with Crippen LogP contribution < -0.4 is 10.2 Å². The number of β-amino-alcohol motifs (C(OH)–C–C–N with tert-alkyl or cyclic N) is 1. The predicted molar refractivity (Wildman–Crippen MR) is 103 cm³/mol. The van der Waals surface area contributed by atoms with Gasteiger partial charge in [-0.1, -0.05) is 0 Å². The molecule has 2 atom stereocenters. The zero-order chi connectivity index (χ0) is 27.9. The minimum Gasteiger partial charge on any atom is -0.475 e. The second-order valence-electron chi connectivity index (χ2n) is 7.29. The van der Waals surface area contributed by atoms with E-state index in [-0.39, 0.29) is 11.9 Å². The summed E-state index contributed by atoms with van der Waals surface area (Å²) in [5.74, 6) is -5.51. The fourth-order valence-corrected chi connectivity index (χ4v) is 3.16. The first-order valence-corrected chi connectivity index (χ1v) is 9.86. The molecule has 0 aliphatic carbocycles. The highest BCUT2D eigenvalue weighted by Crippen LogP contribution is 2.35. The van der Waals surface area contributed by atoms with Crippen molar-refractivity contribution in [1.82, 2.24) is 15.2 Å². The van der Waals surface area contributed by atoms with E-state index in [9.17, 15) is 44.6 Å². The highest BCUT2D eigenvalue weighted by atomic mass is 19.4. The number of nitrogens with one attached hydrogen (secondary N) is 1. The monoisotopic (exact) mass is 544 g/mol. The van der Waals surface area contributed by atoms with Gasteiger partial charge in [0.15, 0.2) is 0 Å². The van der Waals surface area contributed by atoms with Crippen molar-refractivity contribution < 1.29 is 64.4 Å². The Bertz CT molecular complexity index is 848. The number of carbonyl (C=O) groups is 2. The summed E-state index contributed by atoms with van der Waals surface area (Å²) in [6.07, 6.45) is -13.6. The van der Waals surface area contributed by atoms with Crippen LogP contribution in [0.15, 0.2) is 18.3 Å². The number of piperazine rings is 1. The van der Waals surface area contributed by atoms with E-state index in [1.807, 2.05) is 0 Å². The number of halogens is 9. The van der Waals surface area contributed by atoms with Gasteiger partial charge < -0.3 is 25.5 Å². The standard InChI is InChI=1S/C14H19F3N4O.2C2HF3O2/c15-14(16,17)10-2-1-3-19-13(10)21-6-4-20(5-7-21)11-8-18-9-12(11)22;2*3-2(4,5)1(6)7/h1-3,11-12,18,22H,4-9H2;2*(H,6,7)/t11-,12-;;/m0../s1. The summed E-state index contributed by atoms with van der Waals surface area (Å²) in [5, 5.41) is 27.3. The van der Waals surface area contributed by atoms with Crippen molar-refractivity contribution in [3.8, 4) is 0 Å². The number of hydrogen-bond donors (Lipinski definition) is 4. The summed E-state index contributed by atoms with van der Waals surface area (Å²) in [4.78, 5) is 25.5. The number of alkyl halides is 9. The first-order chi connectivity index (χ1) is 16.4. The van der Waals surface area contributed by atoms with Crippen molar-refractivity contribution in [1.29, 1.82) is 0 Å². The van der Waals surface area contributed by atoms with Gasteiger partial charge >= 0.3 is 30.5 Å². The minimum atomic E-state index is -5.08. The van der Waals surface area contributed by atoms with Gasteiger partial charge in [0.1, 0.15) is 5.82 Å². The van der Waals surface area contributed by atoms with Gasteiger partial charge in [-0.3, -0.25) is 4.90 Å². The van der Waals surface area contributed by atoms with Gasteiger partial charge in [0.25, 0.3) is 0 Å². The molecule has 4 N–H and O–H groups in total. The second-order valence-corrected chi connectivity index (χ2v) is 7.29. The zero-order valence-corrected chi connectivity index (χ0v) is 18.0. The van der Waals surface area contributed by atoms with Gasteiger partial charge in [0, 0.05) is 51.5 Å². The molecule has 0 aromatic carbocycles. The Balaban J connectivity index is 0.000000383. The molecule has 1 aromatic rings. The number of aliphatic hydroxyl groups excluding tert-OH is 1. The van der Waals surface area contributed by atoms with E-state index in [1.165, 1.54) is 12.3 Å². The fraction of sp³-hybridized carbons (Fsp3) is 0.611. The van der Waals surface area contributed by atoms with Crippen molar-refractivity contribution in [3.63, 3.8) is 0 Å². The first kappa shape index (κ1) is 31.2. The van der Waals surface area contributed by atoms with E-state index >= 15 is 0 Å². The predicted octanol–water partition coefficient (Wildman–Crippen LogP) is 1.82. The lowest BCUT2D eigenvalue weighted by Gasteiger charge is -2.39. The lowest BCUT2D eigenvalue weighted by atomic mass is 10.1. The zero-order valence-electron chi connectivity index (χ0n) is 18.0. The number of hydrogen-bond acceptors (Lipinski definition) is 7. The van der Waals surface area contributed by atoms with Crippen LogP contribution in [0.5, 0.6) is 0 Å². The highest BCUT2D eigenvalue weighted by Gasteiger charge is 2.39. The van der Waals surface area contributed by atoms with Gasteiger partial charge in [0.05, 0.1) is 11.7 Å². The van der Waals surface area contributed by atoms with Gasteiger partial charge in [-0.25, -0.2) is 14.6 Å². The largest absolute Gasteiger partial charge is 0.490 e. The number of carboxylic acids is 2. The molecule has 0 bridgehead atoms. The van der Waals surface area contributed by atoms with Crippen LogP contribution in [-0.4, -0.2) is 101 Å². The summed E-state index contributed by atoms with van der Waals surface area (Å²) < 4.78 is 103. The van der Waals surface area contributed by atoms with E-state index in [0.29, 0.717) is 32.7 Å². The van der Waals surface area contributed by atoms with Crippen molar-refractivity contribution in [3.05, 3.63) is 23.9 Å². The third-order valence-corrected chi connectivity index (χ3v) is 4.81. The number of aromatic nitrogens is 1. The number of nitrogens with zero attached hydrogens (tertiary/aromatic N) is 3. The summed E-state index contributed by atoms with van der Waals surface area (Å²) in [6.45, 7) is 3.49. The summed E-state index contributed by atoms with van der Waals surface area (Å²) >= 11 is 0. The number of anilines is 1. The summed E-state index contributed by atoms with van der Waals surface area (Å²) in [7, 11) is 0. The highest BCUT2D eigenvalue weighted by molar-refractivity contribution is 5.73. The van der Waals surface area contributed by atoms with E-state index < -0.39 is 42.1 Å². The average molecular weight is 544 g/mol. The molecule has 1 aromatic heterocycles. The number of pyridine rings is 1. The van der Waals surface area contributed by atoms with Crippen LogP contribution in [-0.2, 0) is 15.8 Å². The number of carboxylic acid groups (broad SMARTS) is 2. The lowest BCUT2D eigenvalue weighted by Crippen LogP contribution is -2.54. The minimum absolute atomic E-state index is 0.000236. The lowest BCUT2D eigenvalue weighted by molar-refractivity contribution is -0.193. The number of aliphatic carboxylic acids is 2. The SMILES string of the molecule is O=C(O)C(F)(F)F.O=C(O)C(F)(F)F.O[C@H]1CNC[C@@H]1N1CCN(c2ncccc2C(F)(F)F)CC1. The summed E-state index contributed by atoms with van der Waals surface area (Å²) in [6, 6.07) is 2.43. The van der Waals surface area contributed by atoms with E-state index in [1.54, 1.807) is 4.90 Å². The van der Waals surface area contributed by atoms with Crippen molar-refractivity contribution in [2.24, 2.45) is 0 Å². The van der Waals surface area contributed by atoms with Crippen LogP contribution in [0.1, 0.15) is 5.56 Å². The van der Waals surface area contributed by atoms with Crippen LogP contribution in [0.2, 0.25) is 0 Å². The molecular weight excluding hydrogens is 523 g/mol.